The molecule has 3 atom stereocenters. The van der Waals surface area contributed by atoms with E-state index in [1.54, 1.807) is 11.0 Å². The van der Waals surface area contributed by atoms with Gasteiger partial charge in [-0.25, -0.2) is 4.99 Å². The van der Waals surface area contributed by atoms with Crippen LogP contribution in [-0.2, 0) is 10.3 Å². The van der Waals surface area contributed by atoms with Crippen LogP contribution in [0.5, 0.6) is 5.75 Å². The van der Waals surface area contributed by atoms with Gasteiger partial charge >= 0.3 is 0 Å². The van der Waals surface area contributed by atoms with E-state index in [0.717, 1.165) is 28.9 Å². The molecule has 1 unspecified atom stereocenters. The van der Waals surface area contributed by atoms with Gasteiger partial charge in [0, 0.05) is 17.5 Å². The Morgan fingerprint density at radius 1 is 1.10 bits per heavy atom. The smallest absolute Gasteiger partial charge is 0.251 e. The van der Waals surface area contributed by atoms with Crippen LogP contribution in [0.3, 0.4) is 0 Å². The molecule has 0 saturated heterocycles. The summed E-state index contributed by atoms with van der Waals surface area (Å²) in [6.45, 7) is 4.67. The average Bonchev–Trinajstić information content (AvgIpc) is 2.97. The van der Waals surface area contributed by atoms with Gasteiger partial charge in [-0.3, -0.25) is 14.5 Å². The van der Waals surface area contributed by atoms with Crippen molar-refractivity contribution in [2.24, 2.45) is 10.7 Å². The van der Waals surface area contributed by atoms with Crippen molar-refractivity contribution in [1.82, 2.24) is 10.2 Å². The van der Waals surface area contributed by atoms with Gasteiger partial charge in [0.15, 0.2) is 5.96 Å². The van der Waals surface area contributed by atoms with E-state index in [4.69, 9.17) is 15.5 Å². The van der Waals surface area contributed by atoms with Crippen molar-refractivity contribution in [3.05, 3.63) is 101 Å². The Morgan fingerprint density at radius 2 is 1.87 bits per heavy atom. The van der Waals surface area contributed by atoms with Crippen molar-refractivity contribution in [2.45, 2.75) is 63.6 Å². The molecule has 7 heteroatoms. The van der Waals surface area contributed by atoms with E-state index < -0.39 is 5.54 Å². The van der Waals surface area contributed by atoms with Gasteiger partial charge in [-0.2, -0.15) is 0 Å². The molecule has 0 aromatic heterocycles. The standard InChI is InChI=1S/C32H36N4O3/c1-3-11-27(36-29(37)21-32(4-2,35-31(36)33)24-14-6-5-7-15-24)22-12-10-13-23(20-22)30(38)34-26-18-19-39-28-17-9-8-16-25(26)28/h5-10,12-17,20,26-27H,3-4,11,18-19,21H2,1-2H3,(H2,33,35)(H,34,38)/t26-,27?,32-/m0/s1. The van der Waals surface area contributed by atoms with Crippen LogP contribution in [0.25, 0.3) is 0 Å². The molecule has 5 rings (SSSR count). The minimum Gasteiger partial charge on any atom is -0.493 e. The Bertz CT molecular complexity index is 1370. The molecular weight excluding hydrogens is 488 g/mol. The zero-order chi connectivity index (χ0) is 27.4. The van der Waals surface area contributed by atoms with Crippen LogP contribution < -0.4 is 15.8 Å². The molecule has 0 spiro atoms. The highest BCUT2D eigenvalue weighted by molar-refractivity contribution is 6.00. The Morgan fingerprint density at radius 3 is 2.62 bits per heavy atom. The van der Waals surface area contributed by atoms with Crippen LogP contribution in [0.4, 0.5) is 0 Å². The number of carbonyl (C=O) groups is 2. The van der Waals surface area contributed by atoms with Crippen molar-refractivity contribution in [2.75, 3.05) is 6.61 Å². The molecule has 202 valence electrons. The number of nitrogens with zero attached hydrogens (tertiary/aromatic N) is 2. The molecule has 3 aromatic carbocycles. The van der Waals surface area contributed by atoms with Gasteiger partial charge in [0.2, 0.25) is 5.91 Å². The number of carbonyl (C=O) groups excluding carboxylic acids is 2. The lowest BCUT2D eigenvalue weighted by atomic mass is 9.82. The van der Waals surface area contributed by atoms with E-state index in [0.29, 0.717) is 31.4 Å². The zero-order valence-corrected chi connectivity index (χ0v) is 22.6. The van der Waals surface area contributed by atoms with E-state index in [-0.39, 0.29) is 36.3 Å². The Labute approximate surface area is 230 Å². The fourth-order valence-electron chi connectivity index (χ4n) is 5.77. The lowest BCUT2D eigenvalue weighted by Gasteiger charge is -2.40. The third kappa shape index (κ3) is 5.26. The van der Waals surface area contributed by atoms with Crippen molar-refractivity contribution in [3.63, 3.8) is 0 Å². The number of nitrogens with two attached hydrogens (primary N) is 1. The third-order valence-electron chi connectivity index (χ3n) is 7.85. The maximum absolute atomic E-state index is 13.7. The molecule has 2 amide bonds. The van der Waals surface area contributed by atoms with E-state index in [1.807, 2.05) is 79.7 Å². The largest absolute Gasteiger partial charge is 0.493 e. The molecule has 0 fully saturated rings. The molecule has 2 aliphatic rings. The Hall–Kier alpha value is -4.13. The number of ether oxygens (including phenoxy) is 1. The summed E-state index contributed by atoms with van der Waals surface area (Å²) in [4.78, 5) is 33.6. The van der Waals surface area contributed by atoms with Gasteiger partial charge < -0.3 is 15.8 Å². The monoisotopic (exact) mass is 524 g/mol. The van der Waals surface area contributed by atoms with Crippen LogP contribution in [0.15, 0.2) is 83.9 Å². The first-order chi connectivity index (χ1) is 19.0. The predicted molar refractivity (Wildman–Crippen MR) is 152 cm³/mol. The number of rotatable bonds is 8. The van der Waals surface area contributed by atoms with E-state index >= 15 is 0 Å². The van der Waals surface area contributed by atoms with Crippen LogP contribution in [-0.4, -0.2) is 29.3 Å². The molecule has 0 saturated carbocycles. The van der Waals surface area contributed by atoms with Crippen molar-refractivity contribution < 1.29 is 14.3 Å². The van der Waals surface area contributed by atoms with Crippen LogP contribution in [0, 0.1) is 0 Å². The van der Waals surface area contributed by atoms with Gasteiger partial charge in [-0.1, -0.05) is 80.9 Å². The normalized spacial score (nSPS) is 21.4. The summed E-state index contributed by atoms with van der Waals surface area (Å²) in [5.74, 6) is 0.821. The number of aliphatic imine (C=N–C) groups is 1. The van der Waals surface area contributed by atoms with Gasteiger partial charge in [-0.15, -0.1) is 0 Å². The molecule has 39 heavy (non-hydrogen) atoms. The summed E-state index contributed by atoms with van der Waals surface area (Å²) in [7, 11) is 0. The summed E-state index contributed by atoms with van der Waals surface area (Å²) in [5.41, 5.74) is 9.28. The Kier molecular flexibility index (Phi) is 7.68. The van der Waals surface area contributed by atoms with Gasteiger partial charge in [0.1, 0.15) is 5.75 Å². The first-order valence-corrected chi connectivity index (χ1v) is 13.8. The first-order valence-electron chi connectivity index (χ1n) is 13.8. The van der Waals surface area contributed by atoms with Gasteiger partial charge in [0.05, 0.1) is 30.7 Å². The number of benzene rings is 3. The maximum Gasteiger partial charge on any atom is 0.251 e. The second-order valence-electron chi connectivity index (χ2n) is 10.3. The SMILES string of the molecule is CCCC(c1cccc(C(=O)N[C@H]2CCOc3ccccc32)c1)N1C(=O)C[C@@](CC)(c2ccccc2)N=C1N. The third-order valence-corrected chi connectivity index (χ3v) is 7.85. The minimum absolute atomic E-state index is 0.0553. The van der Waals surface area contributed by atoms with Crippen molar-refractivity contribution >= 4 is 17.8 Å². The highest BCUT2D eigenvalue weighted by Crippen LogP contribution is 2.40. The maximum atomic E-state index is 13.7. The van der Waals surface area contributed by atoms with Crippen LogP contribution >= 0.6 is 0 Å². The first kappa shape index (κ1) is 26.5. The van der Waals surface area contributed by atoms with Gasteiger partial charge in [-0.05, 0) is 42.2 Å². The average molecular weight is 525 g/mol. The predicted octanol–water partition coefficient (Wildman–Crippen LogP) is 5.63. The Balaban J connectivity index is 1.42. The molecule has 7 nitrogen and oxygen atoms in total. The molecule has 2 heterocycles. The number of guanidine groups is 1. The molecule has 0 radical (unpaired) electrons. The fourth-order valence-corrected chi connectivity index (χ4v) is 5.77. The zero-order valence-electron chi connectivity index (χ0n) is 22.6. The lowest BCUT2D eigenvalue weighted by Crippen LogP contribution is -2.51. The van der Waals surface area contributed by atoms with Crippen molar-refractivity contribution in [3.8, 4) is 5.75 Å². The summed E-state index contributed by atoms with van der Waals surface area (Å²) in [5, 5.41) is 3.18. The van der Waals surface area contributed by atoms with E-state index in [2.05, 4.69) is 12.2 Å². The molecule has 0 bridgehead atoms. The van der Waals surface area contributed by atoms with E-state index in [1.165, 1.54) is 0 Å². The molecule has 3 aromatic rings. The summed E-state index contributed by atoms with van der Waals surface area (Å²) < 4.78 is 5.74. The second-order valence-corrected chi connectivity index (χ2v) is 10.3. The fraction of sp³-hybridized carbons (Fsp3) is 0.344. The van der Waals surface area contributed by atoms with Crippen LogP contribution in [0.2, 0.25) is 0 Å². The highest BCUT2D eigenvalue weighted by atomic mass is 16.5. The molecule has 0 aliphatic carbocycles. The summed E-state index contributed by atoms with van der Waals surface area (Å²) in [6, 6.07) is 24.8. The van der Waals surface area contributed by atoms with E-state index in [9.17, 15) is 9.59 Å². The number of fused-ring (bicyclic) bond motifs is 1. The number of hydrogen-bond donors (Lipinski definition) is 2. The number of hydrogen-bond acceptors (Lipinski definition) is 5. The molecular formula is C32H36N4O3. The number of amides is 2. The van der Waals surface area contributed by atoms with Crippen molar-refractivity contribution in [1.29, 1.82) is 0 Å². The summed E-state index contributed by atoms with van der Waals surface area (Å²) >= 11 is 0. The lowest BCUT2D eigenvalue weighted by molar-refractivity contribution is -0.131. The number of para-hydroxylation sites is 1. The molecule has 2 aliphatic heterocycles. The van der Waals surface area contributed by atoms with Crippen LogP contribution in [0.1, 0.15) is 85.1 Å². The minimum atomic E-state index is -0.669. The summed E-state index contributed by atoms with van der Waals surface area (Å²) in [6.07, 6.45) is 3.16. The molecule has 3 N–H and O–H groups in total. The van der Waals surface area contributed by atoms with Gasteiger partial charge in [0.25, 0.3) is 5.91 Å². The quantitative estimate of drug-likeness (QED) is 0.399. The highest BCUT2D eigenvalue weighted by Gasteiger charge is 2.42. The number of nitrogens with one attached hydrogen (secondary N) is 1. The topological polar surface area (TPSA) is 97.0 Å². The second kappa shape index (κ2) is 11.3.